The van der Waals surface area contributed by atoms with Gasteiger partial charge in [0.1, 0.15) is 18.4 Å². The van der Waals surface area contributed by atoms with E-state index in [1.54, 1.807) is 0 Å². The highest BCUT2D eigenvalue weighted by molar-refractivity contribution is 5.98. The van der Waals surface area contributed by atoms with E-state index in [4.69, 9.17) is 9.47 Å². The van der Waals surface area contributed by atoms with Crippen LogP contribution in [0.15, 0.2) is 54.9 Å². The Morgan fingerprint density at radius 3 is 2.85 bits per heavy atom. The van der Waals surface area contributed by atoms with Crippen molar-refractivity contribution in [1.82, 2.24) is 29.2 Å². The number of carbonyl (C=O) groups excluding carboxylic acids is 2. The third-order valence-electron chi connectivity index (χ3n) is 9.27. The Hall–Kier alpha value is -4.31. The van der Waals surface area contributed by atoms with E-state index in [0.717, 1.165) is 66.0 Å². The lowest BCUT2D eigenvalue weighted by Gasteiger charge is -2.48. The fourth-order valence-corrected chi connectivity index (χ4v) is 7.19. The first kappa shape index (κ1) is 24.5. The first-order valence-corrected chi connectivity index (χ1v) is 14.3. The van der Waals surface area contributed by atoms with Crippen LogP contribution in [0.25, 0.3) is 10.9 Å². The molecule has 2 saturated heterocycles. The highest BCUT2D eigenvalue weighted by Gasteiger charge is 2.50. The number of hydrogen-bond donors (Lipinski definition) is 1. The summed E-state index contributed by atoms with van der Waals surface area (Å²) in [5.74, 6) is 2.44. The second-order valence-electron chi connectivity index (χ2n) is 11.5. The maximum absolute atomic E-state index is 14.3. The number of carbonyl (C=O) groups is 2. The van der Waals surface area contributed by atoms with Crippen molar-refractivity contribution in [2.24, 2.45) is 7.05 Å². The van der Waals surface area contributed by atoms with Gasteiger partial charge in [0.15, 0.2) is 11.5 Å². The van der Waals surface area contributed by atoms with E-state index in [0.29, 0.717) is 17.9 Å². The van der Waals surface area contributed by atoms with E-state index in [-0.39, 0.29) is 31.2 Å². The van der Waals surface area contributed by atoms with Gasteiger partial charge >= 0.3 is 0 Å². The fourth-order valence-electron chi connectivity index (χ4n) is 7.19. The van der Waals surface area contributed by atoms with E-state index >= 15 is 0 Å². The second-order valence-corrected chi connectivity index (χ2v) is 11.5. The fraction of sp³-hybridized carbons (Fsp3) is 0.387. The molecule has 0 saturated carbocycles. The summed E-state index contributed by atoms with van der Waals surface area (Å²) in [5.41, 5.74) is 3.99. The van der Waals surface area contributed by atoms with Crippen LogP contribution in [0.5, 0.6) is 11.5 Å². The van der Waals surface area contributed by atoms with Gasteiger partial charge in [-0.15, -0.1) is 0 Å². The van der Waals surface area contributed by atoms with Gasteiger partial charge in [0, 0.05) is 74.6 Å². The largest absolute Gasteiger partial charge is 0.454 e. The zero-order chi connectivity index (χ0) is 27.7. The Labute approximate surface area is 237 Å². The average Bonchev–Trinajstić information content (AvgIpc) is 3.79. The lowest BCUT2D eigenvalue weighted by molar-refractivity contribution is -0.160. The number of aromatic amines is 1. The van der Waals surface area contributed by atoms with Crippen molar-refractivity contribution in [3.63, 3.8) is 0 Å². The summed E-state index contributed by atoms with van der Waals surface area (Å²) in [6, 6.07) is 13.1. The van der Waals surface area contributed by atoms with Gasteiger partial charge in [-0.05, 0) is 35.7 Å². The highest BCUT2D eigenvalue weighted by atomic mass is 16.7. The summed E-state index contributed by atoms with van der Waals surface area (Å²) in [6.45, 7) is 2.86. The van der Waals surface area contributed by atoms with Crippen LogP contribution in [-0.2, 0) is 29.5 Å². The van der Waals surface area contributed by atoms with E-state index in [2.05, 4.69) is 27.0 Å². The molecule has 8 rings (SSSR count). The first-order valence-electron chi connectivity index (χ1n) is 14.3. The standard InChI is InChI=1S/C31H32N6O4/c1-34-13-10-32-27(34)9-12-35-11-8-20(16-35)36-17-28(38)37-24(31(36)39)15-22-21-4-2-3-5-23(21)33-29(22)30(37)19-6-7-25-26(14-19)41-18-40-25/h2-7,10,13-14,20,24,30,33H,8-9,11-12,15-18H2,1H3/t20-,24-,30-/m1/s1. The van der Waals surface area contributed by atoms with Crippen molar-refractivity contribution in [1.29, 1.82) is 0 Å². The predicted molar refractivity (Wildman–Crippen MR) is 151 cm³/mol. The number of likely N-dealkylation sites (tertiary alicyclic amines) is 1. The van der Waals surface area contributed by atoms with Gasteiger partial charge in [-0.3, -0.25) is 9.59 Å². The molecule has 0 unspecified atom stereocenters. The van der Waals surface area contributed by atoms with Gasteiger partial charge in [-0.1, -0.05) is 24.3 Å². The topological polar surface area (TPSA) is 95.9 Å². The minimum atomic E-state index is -0.556. The van der Waals surface area contributed by atoms with Crippen LogP contribution < -0.4 is 9.47 Å². The van der Waals surface area contributed by atoms with Crippen molar-refractivity contribution >= 4 is 22.7 Å². The van der Waals surface area contributed by atoms with Crippen LogP contribution in [-0.4, -0.2) is 86.1 Å². The van der Waals surface area contributed by atoms with E-state index in [1.807, 2.05) is 64.1 Å². The molecule has 2 aromatic heterocycles. The number of fused-ring (bicyclic) bond motifs is 5. The molecule has 10 heteroatoms. The number of H-pyrrole nitrogens is 1. The maximum Gasteiger partial charge on any atom is 0.246 e. The number of piperazine rings is 1. The number of ether oxygens (including phenoxy) is 2. The van der Waals surface area contributed by atoms with Gasteiger partial charge in [0.2, 0.25) is 18.6 Å². The molecule has 1 N–H and O–H groups in total. The highest BCUT2D eigenvalue weighted by Crippen LogP contribution is 2.45. The quantitative estimate of drug-likeness (QED) is 0.409. The number of nitrogens with zero attached hydrogens (tertiary/aromatic N) is 5. The molecule has 10 nitrogen and oxygen atoms in total. The molecule has 41 heavy (non-hydrogen) atoms. The minimum Gasteiger partial charge on any atom is -0.454 e. The third kappa shape index (κ3) is 3.92. The normalized spacial score (nSPS) is 23.9. The second kappa shape index (κ2) is 9.37. The van der Waals surface area contributed by atoms with Crippen molar-refractivity contribution in [2.45, 2.75) is 37.4 Å². The zero-order valence-corrected chi connectivity index (χ0v) is 23.0. The Bertz CT molecular complexity index is 1680. The van der Waals surface area contributed by atoms with Gasteiger partial charge in [-0.2, -0.15) is 0 Å². The van der Waals surface area contributed by atoms with Gasteiger partial charge in [0.05, 0.1) is 6.04 Å². The lowest BCUT2D eigenvalue weighted by Crippen LogP contribution is -2.65. The molecule has 0 radical (unpaired) electrons. The summed E-state index contributed by atoms with van der Waals surface area (Å²) in [7, 11) is 2.01. The molecule has 4 aliphatic rings. The predicted octanol–water partition coefficient (Wildman–Crippen LogP) is 2.63. The molecule has 2 amide bonds. The third-order valence-corrected chi connectivity index (χ3v) is 9.27. The molecule has 0 aliphatic carbocycles. The number of aromatic nitrogens is 3. The van der Waals surface area contributed by atoms with Crippen LogP contribution in [0, 0.1) is 0 Å². The minimum absolute atomic E-state index is 0.0203. The van der Waals surface area contributed by atoms with Crippen LogP contribution in [0.3, 0.4) is 0 Å². The van der Waals surface area contributed by atoms with Crippen molar-refractivity contribution < 1.29 is 19.1 Å². The maximum atomic E-state index is 14.3. The molecule has 4 aromatic rings. The number of para-hydroxylation sites is 1. The molecule has 2 fully saturated rings. The summed E-state index contributed by atoms with van der Waals surface area (Å²) in [4.78, 5) is 42.4. The molecule has 0 spiro atoms. The van der Waals surface area contributed by atoms with Crippen LogP contribution in [0.4, 0.5) is 0 Å². The monoisotopic (exact) mass is 552 g/mol. The molecule has 2 aromatic carbocycles. The zero-order valence-electron chi connectivity index (χ0n) is 23.0. The van der Waals surface area contributed by atoms with E-state index < -0.39 is 12.1 Å². The molecule has 3 atom stereocenters. The SMILES string of the molecule is Cn1ccnc1CCN1CC[C@@H](N2CC(=O)N3[C@H](c4ccc5c(c4)OCO5)c4[nH]c5ccccc5c4C[C@@H]3C2=O)C1. The summed E-state index contributed by atoms with van der Waals surface area (Å²) >= 11 is 0. The van der Waals surface area contributed by atoms with E-state index in [9.17, 15) is 9.59 Å². The summed E-state index contributed by atoms with van der Waals surface area (Å²) in [5, 5.41) is 1.10. The molecule has 210 valence electrons. The number of imidazole rings is 1. The lowest BCUT2D eigenvalue weighted by atomic mass is 9.85. The number of amides is 2. The van der Waals surface area contributed by atoms with Crippen molar-refractivity contribution in [3.8, 4) is 11.5 Å². The number of nitrogens with one attached hydrogen (secondary N) is 1. The van der Waals surface area contributed by atoms with Gasteiger partial charge < -0.3 is 33.7 Å². The van der Waals surface area contributed by atoms with Gasteiger partial charge in [0.25, 0.3) is 0 Å². The number of rotatable bonds is 5. The molecular formula is C31H32N6O4. The van der Waals surface area contributed by atoms with Crippen LogP contribution in [0.1, 0.15) is 35.1 Å². The van der Waals surface area contributed by atoms with Crippen molar-refractivity contribution in [3.05, 3.63) is 77.5 Å². The summed E-state index contributed by atoms with van der Waals surface area (Å²) < 4.78 is 13.3. The Kier molecular flexibility index (Phi) is 5.60. The Morgan fingerprint density at radius 2 is 1.98 bits per heavy atom. The molecule has 4 aliphatic heterocycles. The van der Waals surface area contributed by atoms with E-state index in [1.165, 1.54) is 0 Å². The summed E-state index contributed by atoms with van der Waals surface area (Å²) in [6.07, 6.45) is 6.02. The number of benzene rings is 2. The number of hydrogen-bond acceptors (Lipinski definition) is 6. The molecular weight excluding hydrogens is 520 g/mol. The van der Waals surface area contributed by atoms with Gasteiger partial charge in [-0.25, -0.2) is 4.98 Å². The molecule has 0 bridgehead atoms. The van der Waals surface area contributed by atoms with Crippen LogP contribution in [0.2, 0.25) is 0 Å². The number of aryl methyl sites for hydroxylation is 1. The Morgan fingerprint density at radius 1 is 1.10 bits per heavy atom. The average molecular weight is 553 g/mol. The molecule has 6 heterocycles. The van der Waals surface area contributed by atoms with Crippen LogP contribution >= 0.6 is 0 Å². The Balaban J connectivity index is 1.10. The smallest absolute Gasteiger partial charge is 0.246 e. The first-order chi connectivity index (χ1) is 20.0. The van der Waals surface area contributed by atoms with Crippen molar-refractivity contribution in [2.75, 3.05) is 33.0 Å².